The average Bonchev–Trinajstić information content (AvgIpc) is 3.11. The number of nitrogens with zero attached hydrogens (tertiary/aromatic N) is 3. The molecule has 31 heavy (non-hydrogen) atoms. The fourth-order valence-electron chi connectivity index (χ4n) is 3.54. The van der Waals surface area contributed by atoms with E-state index < -0.39 is 0 Å². The molecular formula is C24H28N4O3. The van der Waals surface area contributed by atoms with E-state index in [1.54, 1.807) is 12.0 Å². The molecule has 0 radical (unpaired) electrons. The molecule has 0 saturated heterocycles. The summed E-state index contributed by atoms with van der Waals surface area (Å²) in [6, 6.07) is 17.7. The van der Waals surface area contributed by atoms with E-state index in [1.165, 1.54) is 12.5 Å². The maximum atomic E-state index is 11.2. The maximum Gasteiger partial charge on any atom is 0.221 e. The molecule has 0 saturated carbocycles. The Labute approximate surface area is 182 Å². The largest absolute Gasteiger partial charge is 0.380 e. The monoisotopic (exact) mass is 420 g/mol. The molecule has 3 aromatic rings. The summed E-state index contributed by atoms with van der Waals surface area (Å²) in [6.07, 6.45) is 1.65. The Morgan fingerprint density at radius 3 is 2.65 bits per heavy atom. The Balaban J connectivity index is 0.000000254. The number of nitrogens with one attached hydrogen (secondary N) is 1. The Morgan fingerprint density at radius 2 is 1.97 bits per heavy atom. The number of carbonyl (C=O) groups is 2. The molecule has 0 fully saturated rings. The highest BCUT2D eigenvalue weighted by molar-refractivity contribution is 5.89. The van der Waals surface area contributed by atoms with Gasteiger partial charge in [0, 0.05) is 45.3 Å². The van der Waals surface area contributed by atoms with Crippen LogP contribution in [-0.4, -0.2) is 40.4 Å². The van der Waals surface area contributed by atoms with Crippen molar-refractivity contribution in [1.29, 1.82) is 0 Å². The molecule has 162 valence electrons. The average molecular weight is 421 g/mol. The van der Waals surface area contributed by atoms with E-state index in [9.17, 15) is 9.59 Å². The molecule has 2 amide bonds. The van der Waals surface area contributed by atoms with Crippen molar-refractivity contribution in [3.63, 3.8) is 0 Å². The minimum absolute atomic E-state index is 0.0992. The summed E-state index contributed by atoms with van der Waals surface area (Å²) in [6.45, 7) is 3.49. The Hall–Kier alpha value is -3.45. The fourth-order valence-corrected chi connectivity index (χ4v) is 3.54. The third-order valence-corrected chi connectivity index (χ3v) is 5.03. The van der Waals surface area contributed by atoms with Gasteiger partial charge in [-0.1, -0.05) is 42.5 Å². The van der Waals surface area contributed by atoms with Gasteiger partial charge in [-0.3, -0.25) is 9.59 Å². The number of fused-ring (bicyclic) bond motifs is 1. The van der Waals surface area contributed by atoms with Crippen molar-refractivity contribution in [3.8, 4) is 11.4 Å². The van der Waals surface area contributed by atoms with E-state index in [4.69, 9.17) is 9.72 Å². The molecule has 0 bridgehead atoms. The number of benzene rings is 2. The summed E-state index contributed by atoms with van der Waals surface area (Å²) in [4.78, 5) is 28.6. The summed E-state index contributed by atoms with van der Waals surface area (Å²) in [7, 11) is 3.66. The molecule has 1 aliphatic heterocycles. The van der Waals surface area contributed by atoms with Gasteiger partial charge in [-0.15, -0.1) is 0 Å². The topological polar surface area (TPSA) is 76.5 Å². The van der Waals surface area contributed by atoms with Crippen molar-refractivity contribution in [2.75, 3.05) is 19.0 Å². The number of hydrogen-bond donors (Lipinski definition) is 1. The number of hydrogen-bond acceptors (Lipinski definition) is 4. The molecular weight excluding hydrogens is 392 g/mol. The van der Waals surface area contributed by atoms with Crippen LogP contribution in [0.15, 0.2) is 54.6 Å². The van der Waals surface area contributed by atoms with Crippen LogP contribution < -0.4 is 5.32 Å². The Kier molecular flexibility index (Phi) is 7.56. The van der Waals surface area contributed by atoms with E-state index in [1.807, 2.05) is 66.2 Å². The van der Waals surface area contributed by atoms with Crippen LogP contribution >= 0.6 is 0 Å². The predicted molar refractivity (Wildman–Crippen MR) is 120 cm³/mol. The number of rotatable bonds is 5. The van der Waals surface area contributed by atoms with Crippen molar-refractivity contribution in [1.82, 2.24) is 14.5 Å². The summed E-state index contributed by atoms with van der Waals surface area (Å²) < 4.78 is 6.95. The number of amides is 2. The maximum absolute atomic E-state index is 11.2. The van der Waals surface area contributed by atoms with E-state index in [0.29, 0.717) is 19.7 Å². The number of ether oxygens (including phenoxy) is 1. The smallest absolute Gasteiger partial charge is 0.221 e. The van der Waals surface area contributed by atoms with Crippen LogP contribution in [0.25, 0.3) is 11.4 Å². The van der Waals surface area contributed by atoms with Gasteiger partial charge in [-0.25, -0.2) is 4.98 Å². The van der Waals surface area contributed by atoms with Gasteiger partial charge >= 0.3 is 0 Å². The van der Waals surface area contributed by atoms with Crippen LogP contribution in [0.4, 0.5) is 5.69 Å². The van der Waals surface area contributed by atoms with Gasteiger partial charge in [0.1, 0.15) is 5.82 Å². The second-order valence-electron chi connectivity index (χ2n) is 7.39. The van der Waals surface area contributed by atoms with Gasteiger partial charge in [0.25, 0.3) is 0 Å². The quantitative estimate of drug-likeness (QED) is 0.642. The van der Waals surface area contributed by atoms with Crippen LogP contribution in [0, 0.1) is 0 Å². The second-order valence-corrected chi connectivity index (χ2v) is 7.39. The zero-order valence-electron chi connectivity index (χ0n) is 18.2. The predicted octanol–water partition coefficient (Wildman–Crippen LogP) is 3.39. The van der Waals surface area contributed by atoms with Crippen LogP contribution in [0.2, 0.25) is 0 Å². The Morgan fingerprint density at radius 1 is 1.19 bits per heavy atom. The number of anilines is 1. The normalized spacial score (nSPS) is 12.4. The molecule has 7 heteroatoms. The van der Waals surface area contributed by atoms with Crippen LogP contribution in [0.3, 0.4) is 0 Å². The third-order valence-electron chi connectivity index (χ3n) is 5.03. The van der Waals surface area contributed by atoms with Gasteiger partial charge in [-0.05, 0) is 17.7 Å². The number of aromatic nitrogens is 2. The highest BCUT2D eigenvalue weighted by Gasteiger charge is 2.22. The molecule has 0 unspecified atom stereocenters. The van der Waals surface area contributed by atoms with Gasteiger partial charge < -0.3 is 19.5 Å². The van der Waals surface area contributed by atoms with Crippen molar-refractivity contribution < 1.29 is 14.3 Å². The SMILES string of the molecule is CC(=O)Nc1cccc(-c2nc3c(n2C)CN(C=O)CC3)c1.COCc1ccccc1. The lowest BCUT2D eigenvalue weighted by atomic mass is 10.1. The number of carbonyl (C=O) groups excluding carboxylic acids is 2. The van der Waals surface area contributed by atoms with Crippen molar-refractivity contribution in [2.45, 2.75) is 26.5 Å². The summed E-state index contributed by atoms with van der Waals surface area (Å²) in [5.41, 5.74) is 5.03. The van der Waals surface area contributed by atoms with Gasteiger partial charge in [0.05, 0.1) is 24.5 Å². The number of imidazole rings is 1. The van der Waals surface area contributed by atoms with Crippen molar-refractivity contribution >= 4 is 18.0 Å². The zero-order chi connectivity index (χ0) is 22.2. The molecule has 0 aliphatic carbocycles. The highest BCUT2D eigenvalue weighted by Crippen LogP contribution is 2.27. The first-order valence-corrected chi connectivity index (χ1v) is 10.2. The van der Waals surface area contributed by atoms with E-state index in [0.717, 1.165) is 41.3 Å². The summed E-state index contributed by atoms with van der Waals surface area (Å²) in [5.74, 6) is 0.753. The lowest BCUT2D eigenvalue weighted by Crippen LogP contribution is -2.30. The molecule has 1 aliphatic rings. The van der Waals surface area contributed by atoms with Crippen LogP contribution in [0.1, 0.15) is 23.9 Å². The summed E-state index contributed by atoms with van der Waals surface area (Å²) in [5, 5.41) is 2.78. The molecule has 7 nitrogen and oxygen atoms in total. The van der Waals surface area contributed by atoms with Crippen molar-refractivity contribution in [3.05, 3.63) is 71.5 Å². The molecule has 0 atom stereocenters. The molecule has 2 heterocycles. The minimum atomic E-state index is -0.0992. The minimum Gasteiger partial charge on any atom is -0.380 e. The van der Waals surface area contributed by atoms with Gasteiger partial charge in [-0.2, -0.15) is 0 Å². The van der Waals surface area contributed by atoms with Crippen molar-refractivity contribution in [2.24, 2.45) is 7.05 Å². The van der Waals surface area contributed by atoms with Gasteiger partial charge in [0.2, 0.25) is 12.3 Å². The Bertz CT molecular complexity index is 1030. The van der Waals surface area contributed by atoms with Crippen LogP contribution in [0.5, 0.6) is 0 Å². The number of methoxy groups -OCH3 is 1. The van der Waals surface area contributed by atoms with Gasteiger partial charge in [0.15, 0.2) is 0 Å². The fraction of sp³-hybridized carbons (Fsp3) is 0.292. The van der Waals surface area contributed by atoms with Crippen LogP contribution in [-0.2, 0) is 40.9 Å². The molecule has 0 spiro atoms. The summed E-state index contributed by atoms with van der Waals surface area (Å²) >= 11 is 0. The molecule has 1 aromatic heterocycles. The first kappa shape index (κ1) is 22.2. The highest BCUT2D eigenvalue weighted by atomic mass is 16.5. The van der Waals surface area contributed by atoms with E-state index >= 15 is 0 Å². The van der Waals surface area contributed by atoms with E-state index in [-0.39, 0.29) is 5.91 Å². The third kappa shape index (κ3) is 5.79. The molecule has 4 rings (SSSR count). The first-order chi connectivity index (χ1) is 15.0. The molecule has 1 N–H and O–H groups in total. The standard InChI is InChI=1S/C16H18N4O2.C8H10O/c1-11(22)17-13-5-3-4-12(8-13)16-18-14-6-7-20(10-21)9-15(14)19(16)2;1-9-7-8-5-3-2-4-6-8/h3-5,8,10H,6-7,9H2,1-2H3,(H,17,22);2-6H,7H2,1H3. The second kappa shape index (κ2) is 10.5. The zero-order valence-corrected chi connectivity index (χ0v) is 18.2. The first-order valence-electron chi connectivity index (χ1n) is 10.2. The van der Waals surface area contributed by atoms with E-state index in [2.05, 4.69) is 5.32 Å². The molecule has 2 aromatic carbocycles. The lowest BCUT2D eigenvalue weighted by Gasteiger charge is -2.22. The lowest BCUT2D eigenvalue weighted by molar-refractivity contribution is -0.119.